The molecule has 1 atom stereocenters. The SMILES string of the molecule is COc1nc(COCc2cccc(C3=CC=CC(COc4cc(OCc5cncc(C#N)c5)c(CNC[C@@H](O)CC(=O)O)cc4Cl)=C(C)C3)c2C)ccc1CNCCO. The zero-order valence-corrected chi connectivity index (χ0v) is 34.2. The summed E-state index contributed by atoms with van der Waals surface area (Å²) in [6, 6.07) is 17.3. The van der Waals surface area contributed by atoms with Crippen LogP contribution in [0.1, 0.15) is 64.4 Å². The molecule has 0 radical (unpaired) electrons. The quantitative estimate of drug-likeness (QED) is 0.0552. The van der Waals surface area contributed by atoms with Gasteiger partial charge in [0.2, 0.25) is 5.88 Å². The van der Waals surface area contributed by atoms with Gasteiger partial charge in [0.1, 0.15) is 30.8 Å². The highest BCUT2D eigenvalue weighted by Crippen LogP contribution is 2.35. The maximum absolute atomic E-state index is 11.0. The molecule has 13 nitrogen and oxygen atoms in total. The number of methoxy groups -OCH3 is 1. The van der Waals surface area contributed by atoms with Gasteiger partial charge in [-0.15, -0.1) is 0 Å². The van der Waals surface area contributed by atoms with E-state index in [4.69, 9.17) is 40.8 Å². The number of pyridine rings is 2. The van der Waals surface area contributed by atoms with Crippen molar-refractivity contribution < 1.29 is 39.1 Å². The number of aliphatic hydroxyl groups is 2. The molecule has 14 heteroatoms. The molecule has 2 aromatic heterocycles. The van der Waals surface area contributed by atoms with Crippen molar-refractivity contribution in [2.45, 2.75) is 65.7 Å². The molecule has 1 aliphatic rings. The van der Waals surface area contributed by atoms with E-state index in [0.717, 1.165) is 39.1 Å². The van der Waals surface area contributed by atoms with Crippen LogP contribution in [0, 0.1) is 18.3 Å². The maximum Gasteiger partial charge on any atom is 0.306 e. The summed E-state index contributed by atoms with van der Waals surface area (Å²) in [6.07, 6.45) is 8.55. The van der Waals surface area contributed by atoms with E-state index in [2.05, 4.69) is 58.7 Å². The molecule has 0 spiro atoms. The fourth-order valence-corrected chi connectivity index (χ4v) is 6.68. The van der Waals surface area contributed by atoms with E-state index in [1.54, 1.807) is 31.5 Å². The summed E-state index contributed by atoms with van der Waals surface area (Å²) >= 11 is 6.75. The van der Waals surface area contributed by atoms with Crippen molar-refractivity contribution in [2.24, 2.45) is 0 Å². The Kier molecular flexibility index (Phi) is 17.0. The molecule has 1 aliphatic carbocycles. The molecule has 2 heterocycles. The van der Waals surface area contributed by atoms with Crippen LogP contribution < -0.4 is 24.8 Å². The van der Waals surface area contributed by atoms with E-state index < -0.39 is 12.1 Å². The van der Waals surface area contributed by atoms with Gasteiger partial charge in [-0.25, -0.2) is 4.98 Å². The molecule has 5 rings (SSSR count). The Bertz CT molecular complexity index is 2220. The van der Waals surface area contributed by atoms with Crippen LogP contribution in [0.15, 0.2) is 90.3 Å². The Morgan fingerprint density at radius 1 is 0.983 bits per heavy atom. The number of hydrogen-bond donors (Lipinski definition) is 5. The van der Waals surface area contributed by atoms with Crippen LogP contribution >= 0.6 is 11.6 Å². The van der Waals surface area contributed by atoms with Gasteiger partial charge >= 0.3 is 5.97 Å². The molecular formula is C45H50ClN5O8. The fraction of sp³-hybridized carbons (Fsp3) is 0.333. The van der Waals surface area contributed by atoms with Gasteiger partial charge in [0.15, 0.2) is 0 Å². The second kappa shape index (κ2) is 22.5. The second-order valence-electron chi connectivity index (χ2n) is 14.0. The number of nitrogens with zero attached hydrogens (tertiary/aromatic N) is 3. The van der Waals surface area contributed by atoms with Gasteiger partial charge in [0, 0.05) is 61.3 Å². The number of allylic oxidation sites excluding steroid dienone is 4. The number of benzene rings is 2. The zero-order chi connectivity index (χ0) is 42.1. The molecule has 4 aromatic rings. The zero-order valence-electron chi connectivity index (χ0n) is 33.5. The van der Waals surface area contributed by atoms with Crippen LogP contribution in [-0.2, 0) is 42.4 Å². The first-order valence-electron chi connectivity index (χ1n) is 19.2. The van der Waals surface area contributed by atoms with E-state index >= 15 is 0 Å². The highest BCUT2D eigenvalue weighted by atomic mass is 35.5. The minimum atomic E-state index is -1.09. The molecule has 0 aliphatic heterocycles. The lowest BCUT2D eigenvalue weighted by Crippen LogP contribution is -2.28. The van der Waals surface area contributed by atoms with E-state index in [1.165, 1.54) is 11.8 Å². The van der Waals surface area contributed by atoms with Gasteiger partial charge in [-0.05, 0) is 66.3 Å². The molecule has 0 saturated heterocycles. The molecule has 0 bridgehead atoms. The van der Waals surface area contributed by atoms with Crippen LogP contribution in [0.25, 0.3) is 5.57 Å². The van der Waals surface area contributed by atoms with Gasteiger partial charge in [-0.3, -0.25) is 9.78 Å². The van der Waals surface area contributed by atoms with E-state index in [0.29, 0.717) is 71.8 Å². The second-order valence-corrected chi connectivity index (χ2v) is 14.4. The number of carboxylic acid groups (broad SMARTS) is 1. The van der Waals surface area contributed by atoms with Crippen LogP contribution in [0.3, 0.4) is 0 Å². The summed E-state index contributed by atoms with van der Waals surface area (Å²) in [5, 5.41) is 43.9. The normalized spacial score (nSPS) is 13.1. The van der Waals surface area contributed by atoms with E-state index in [1.807, 2.05) is 30.4 Å². The number of nitrogens with one attached hydrogen (secondary N) is 2. The molecular weight excluding hydrogens is 774 g/mol. The largest absolute Gasteiger partial charge is 0.488 e. The third-order valence-electron chi connectivity index (χ3n) is 9.61. The molecule has 59 heavy (non-hydrogen) atoms. The Labute approximate surface area is 349 Å². The first-order chi connectivity index (χ1) is 28.6. The lowest BCUT2D eigenvalue weighted by Gasteiger charge is -2.18. The number of carbonyl (C=O) groups is 1. The smallest absolute Gasteiger partial charge is 0.306 e. The molecule has 5 N–H and O–H groups in total. The van der Waals surface area contributed by atoms with Gasteiger partial charge in [-0.1, -0.05) is 59.7 Å². The summed E-state index contributed by atoms with van der Waals surface area (Å²) < 4.78 is 24.1. The Hall–Kier alpha value is -5.59. The highest BCUT2D eigenvalue weighted by Gasteiger charge is 2.17. The summed E-state index contributed by atoms with van der Waals surface area (Å²) in [4.78, 5) is 19.7. The van der Waals surface area contributed by atoms with Crippen molar-refractivity contribution in [1.82, 2.24) is 20.6 Å². The number of aliphatic hydroxyl groups excluding tert-OH is 2. The molecule has 0 amide bonds. The van der Waals surface area contributed by atoms with Gasteiger partial charge < -0.3 is 44.9 Å². The first-order valence-corrected chi connectivity index (χ1v) is 19.6. The van der Waals surface area contributed by atoms with Crippen molar-refractivity contribution in [3.63, 3.8) is 0 Å². The number of nitriles is 1. The van der Waals surface area contributed by atoms with Crippen molar-refractivity contribution in [2.75, 3.05) is 33.4 Å². The number of aromatic nitrogens is 2. The van der Waals surface area contributed by atoms with Crippen molar-refractivity contribution in [3.05, 3.63) is 140 Å². The number of carboxylic acids is 1. The Balaban J connectivity index is 1.24. The minimum absolute atomic E-state index is 0.0539. The number of hydrogen-bond acceptors (Lipinski definition) is 12. The summed E-state index contributed by atoms with van der Waals surface area (Å²) in [5.41, 5.74) is 10.1. The van der Waals surface area contributed by atoms with Crippen molar-refractivity contribution in [1.29, 1.82) is 5.26 Å². The molecule has 0 saturated carbocycles. The summed E-state index contributed by atoms with van der Waals surface area (Å²) in [5.74, 6) is 0.318. The van der Waals surface area contributed by atoms with Crippen LogP contribution in [0.5, 0.6) is 17.4 Å². The first kappa shape index (κ1) is 44.5. The molecule has 310 valence electrons. The van der Waals surface area contributed by atoms with Gasteiger partial charge in [-0.2, -0.15) is 5.26 Å². The summed E-state index contributed by atoms with van der Waals surface area (Å²) in [6.45, 7) is 6.70. The fourth-order valence-electron chi connectivity index (χ4n) is 6.44. The van der Waals surface area contributed by atoms with Crippen LogP contribution in [-0.4, -0.2) is 70.8 Å². The average molecular weight is 824 g/mol. The van der Waals surface area contributed by atoms with Gasteiger partial charge in [0.25, 0.3) is 0 Å². The summed E-state index contributed by atoms with van der Waals surface area (Å²) in [7, 11) is 1.59. The Morgan fingerprint density at radius 2 is 1.80 bits per heavy atom. The Morgan fingerprint density at radius 3 is 2.58 bits per heavy atom. The topological polar surface area (TPSA) is 188 Å². The van der Waals surface area contributed by atoms with Crippen molar-refractivity contribution in [3.8, 4) is 23.4 Å². The van der Waals surface area contributed by atoms with E-state index in [9.17, 15) is 15.2 Å². The predicted molar refractivity (Wildman–Crippen MR) is 224 cm³/mol. The number of rotatable bonds is 22. The third-order valence-corrected chi connectivity index (χ3v) is 9.91. The lowest BCUT2D eigenvalue weighted by atomic mass is 9.92. The molecule has 0 unspecified atom stereocenters. The predicted octanol–water partition coefficient (Wildman–Crippen LogP) is 6.36. The lowest BCUT2D eigenvalue weighted by molar-refractivity contribution is -0.139. The monoisotopic (exact) mass is 823 g/mol. The maximum atomic E-state index is 11.0. The van der Waals surface area contributed by atoms with Crippen LogP contribution in [0.2, 0.25) is 5.02 Å². The molecule has 0 fully saturated rings. The minimum Gasteiger partial charge on any atom is -0.488 e. The average Bonchev–Trinajstić information content (AvgIpc) is 3.41. The third kappa shape index (κ3) is 13.2. The van der Waals surface area contributed by atoms with Gasteiger partial charge in [0.05, 0.1) is 55.7 Å². The number of halogens is 1. The molecule has 2 aromatic carbocycles. The van der Waals surface area contributed by atoms with E-state index in [-0.39, 0.29) is 39.3 Å². The number of aliphatic carboxylic acids is 1. The van der Waals surface area contributed by atoms with Crippen molar-refractivity contribution >= 4 is 23.1 Å². The highest BCUT2D eigenvalue weighted by molar-refractivity contribution is 6.32. The number of ether oxygens (including phenoxy) is 4. The van der Waals surface area contributed by atoms with Crippen LogP contribution in [0.4, 0.5) is 0 Å². The standard InChI is InChI=1S/C45H50ClN5O8/c1-29-14-33(40-9-5-8-36(30(40)2)26-57-28-38-11-10-34(22-48-12-13-52)45(51-38)56-3)6-4-7-35(29)27-59-43-18-42(58-25-32-15-31(19-47)20-49-21-32)37(16-41(43)46)23-50-24-39(53)17-44(54)55/h4-11,15-16,18,20-21,39,48,50,52-53H,12-14,17,22-28H2,1-3H3,(H,54,55)/t39-/m0/s1.